The van der Waals surface area contributed by atoms with Gasteiger partial charge in [0.2, 0.25) is 5.13 Å². The molecule has 1 amide bonds. The van der Waals surface area contributed by atoms with E-state index in [1.165, 1.54) is 29.6 Å². The zero-order chi connectivity index (χ0) is 20.8. The lowest BCUT2D eigenvalue weighted by molar-refractivity contribution is 0.102. The normalized spacial score (nSPS) is 10.6. The van der Waals surface area contributed by atoms with Crippen LogP contribution in [0.5, 0.6) is 11.5 Å². The van der Waals surface area contributed by atoms with E-state index in [0.717, 1.165) is 10.1 Å². The number of anilines is 1. The van der Waals surface area contributed by atoms with Gasteiger partial charge in [-0.15, -0.1) is 10.2 Å². The molecule has 0 radical (unpaired) electrons. The number of rotatable bonds is 8. The van der Waals surface area contributed by atoms with Crippen LogP contribution in [-0.4, -0.2) is 29.8 Å². The predicted molar refractivity (Wildman–Crippen MR) is 120 cm³/mol. The highest BCUT2D eigenvalue weighted by atomic mass is 79.9. The number of thioether (sulfide) groups is 1. The van der Waals surface area contributed by atoms with Gasteiger partial charge in [-0.2, -0.15) is 0 Å². The number of ether oxygens (including phenoxy) is 2. The molecule has 1 heterocycles. The zero-order valence-corrected chi connectivity index (χ0v) is 19.4. The molecule has 0 fully saturated rings. The van der Waals surface area contributed by atoms with Crippen LogP contribution in [-0.2, 0) is 5.75 Å². The van der Waals surface area contributed by atoms with E-state index in [2.05, 4.69) is 62.6 Å². The van der Waals surface area contributed by atoms with Gasteiger partial charge in [-0.25, -0.2) is 0 Å². The minimum atomic E-state index is -0.293. The molecule has 6 nitrogen and oxygen atoms in total. The predicted octanol–water partition coefficient (Wildman–Crippen LogP) is 5.56. The summed E-state index contributed by atoms with van der Waals surface area (Å²) in [7, 11) is 1.54. The molecule has 2 aromatic carbocycles. The molecule has 0 saturated heterocycles. The number of hydrogen-bond donors (Lipinski definition) is 1. The number of benzene rings is 2. The summed E-state index contributed by atoms with van der Waals surface area (Å²) in [5.74, 6) is 1.56. The first-order valence-corrected chi connectivity index (χ1v) is 11.4. The summed E-state index contributed by atoms with van der Waals surface area (Å²) in [5.41, 5.74) is 2.88. The summed E-state index contributed by atoms with van der Waals surface area (Å²) in [5, 5.41) is 11.5. The van der Waals surface area contributed by atoms with Crippen LogP contribution in [0.25, 0.3) is 0 Å². The molecule has 0 aliphatic rings. The summed E-state index contributed by atoms with van der Waals surface area (Å²) in [6.45, 7) is 4.44. The fourth-order valence-electron chi connectivity index (χ4n) is 2.45. The van der Waals surface area contributed by atoms with Crippen molar-refractivity contribution in [3.8, 4) is 11.5 Å². The molecule has 1 N–H and O–H groups in total. The van der Waals surface area contributed by atoms with Gasteiger partial charge in [-0.05, 0) is 47.5 Å². The van der Waals surface area contributed by atoms with Crippen molar-refractivity contribution in [2.24, 2.45) is 0 Å². The van der Waals surface area contributed by atoms with E-state index in [-0.39, 0.29) is 5.91 Å². The smallest absolute Gasteiger partial charge is 0.257 e. The Bertz CT molecular complexity index is 993. The molecular weight excluding hydrogens is 474 g/mol. The first-order valence-electron chi connectivity index (χ1n) is 8.83. The lowest BCUT2D eigenvalue weighted by atomic mass is 10.2. The van der Waals surface area contributed by atoms with E-state index >= 15 is 0 Å². The van der Waals surface area contributed by atoms with E-state index in [1.807, 2.05) is 6.92 Å². The Morgan fingerprint density at radius 2 is 2.00 bits per heavy atom. The Balaban J connectivity index is 1.65. The van der Waals surface area contributed by atoms with Crippen molar-refractivity contribution in [1.82, 2.24) is 10.2 Å². The number of hydrogen-bond acceptors (Lipinski definition) is 7. The van der Waals surface area contributed by atoms with Gasteiger partial charge in [0.1, 0.15) is 0 Å². The van der Waals surface area contributed by atoms with Gasteiger partial charge < -0.3 is 9.47 Å². The third-order valence-corrected chi connectivity index (χ3v) is 6.52. The van der Waals surface area contributed by atoms with Crippen molar-refractivity contribution < 1.29 is 14.3 Å². The highest BCUT2D eigenvalue weighted by molar-refractivity contribution is 9.10. The first kappa shape index (κ1) is 21.6. The van der Waals surface area contributed by atoms with E-state index < -0.39 is 0 Å². The molecule has 152 valence electrons. The summed E-state index contributed by atoms with van der Waals surface area (Å²) in [4.78, 5) is 12.6. The average Bonchev–Trinajstić information content (AvgIpc) is 3.16. The molecule has 0 aliphatic heterocycles. The van der Waals surface area contributed by atoms with Crippen molar-refractivity contribution in [3.63, 3.8) is 0 Å². The molecule has 0 saturated carbocycles. The van der Waals surface area contributed by atoms with Crippen LogP contribution < -0.4 is 14.8 Å². The molecule has 9 heteroatoms. The van der Waals surface area contributed by atoms with Gasteiger partial charge in [0.05, 0.1) is 18.2 Å². The van der Waals surface area contributed by atoms with Crippen LogP contribution in [0.4, 0.5) is 5.13 Å². The van der Waals surface area contributed by atoms with Gasteiger partial charge in [0, 0.05) is 11.3 Å². The molecule has 0 bridgehead atoms. The molecule has 0 aliphatic carbocycles. The number of methoxy groups -OCH3 is 1. The fourth-order valence-corrected chi connectivity index (χ4v) is 4.71. The Morgan fingerprint density at radius 1 is 1.24 bits per heavy atom. The molecular formula is C20H20BrN3O3S2. The highest BCUT2D eigenvalue weighted by Crippen LogP contribution is 2.37. The Morgan fingerprint density at radius 3 is 2.69 bits per heavy atom. The standard InChI is InChI=1S/C20H20BrN3O3S2/c1-4-27-17-15(21)9-14(10-16(17)26-3)18(25)22-19-23-24-20(29-19)28-11-13-7-5-12(2)6-8-13/h5-10H,4,11H2,1-3H3,(H,22,23,25). The lowest BCUT2D eigenvalue weighted by Crippen LogP contribution is -2.12. The van der Waals surface area contributed by atoms with E-state index in [9.17, 15) is 4.79 Å². The SMILES string of the molecule is CCOc1c(Br)cc(C(=O)Nc2nnc(SCc3ccc(C)cc3)s2)cc1OC. The first-order chi connectivity index (χ1) is 14.0. The Kier molecular flexibility index (Phi) is 7.51. The summed E-state index contributed by atoms with van der Waals surface area (Å²) in [6, 6.07) is 11.7. The maximum atomic E-state index is 12.6. The second-order valence-electron chi connectivity index (χ2n) is 6.02. The second kappa shape index (κ2) is 10.1. The number of nitrogens with one attached hydrogen (secondary N) is 1. The molecule has 0 spiro atoms. The van der Waals surface area contributed by atoms with Gasteiger partial charge in [-0.1, -0.05) is 52.9 Å². The third kappa shape index (κ3) is 5.71. The molecule has 3 rings (SSSR count). The van der Waals surface area contributed by atoms with Crippen molar-refractivity contribution >= 4 is 50.1 Å². The number of halogens is 1. The summed E-state index contributed by atoms with van der Waals surface area (Å²) in [6.07, 6.45) is 0. The van der Waals surface area contributed by atoms with Gasteiger partial charge in [0.25, 0.3) is 5.91 Å². The number of aryl methyl sites for hydroxylation is 1. The van der Waals surface area contributed by atoms with Crippen LogP contribution in [0.15, 0.2) is 45.2 Å². The monoisotopic (exact) mass is 493 g/mol. The number of nitrogens with zero attached hydrogens (tertiary/aromatic N) is 2. The highest BCUT2D eigenvalue weighted by Gasteiger charge is 2.17. The lowest BCUT2D eigenvalue weighted by Gasteiger charge is -2.12. The number of carbonyl (C=O) groups is 1. The topological polar surface area (TPSA) is 73.3 Å². The molecule has 1 aromatic heterocycles. The Hall–Kier alpha value is -2.10. The van der Waals surface area contributed by atoms with Crippen LogP contribution >= 0.6 is 39.0 Å². The quantitative estimate of drug-likeness (QED) is 0.327. The van der Waals surface area contributed by atoms with E-state index in [1.54, 1.807) is 23.9 Å². The second-order valence-corrected chi connectivity index (χ2v) is 9.08. The van der Waals surface area contributed by atoms with Crippen LogP contribution in [0.2, 0.25) is 0 Å². The van der Waals surface area contributed by atoms with Gasteiger partial charge in [-0.3, -0.25) is 10.1 Å². The van der Waals surface area contributed by atoms with E-state index in [4.69, 9.17) is 9.47 Å². The van der Waals surface area contributed by atoms with Crippen LogP contribution in [0, 0.1) is 6.92 Å². The van der Waals surface area contributed by atoms with Crippen molar-refractivity contribution in [3.05, 3.63) is 57.6 Å². The summed E-state index contributed by atoms with van der Waals surface area (Å²) < 4.78 is 12.3. The van der Waals surface area contributed by atoms with E-state index in [0.29, 0.717) is 33.3 Å². The molecule has 29 heavy (non-hydrogen) atoms. The fraction of sp³-hybridized carbons (Fsp3) is 0.250. The Labute approximate surface area is 186 Å². The van der Waals surface area contributed by atoms with Gasteiger partial charge in [0.15, 0.2) is 15.8 Å². The van der Waals surface area contributed by atoms with Crippen LogP contribution in [0.1, 0.15) is 28.4 Å². The minimum absolute atomic E-state index is 0.293. The summed E-state index contributed by atoms with van der Waals surface area (Å²) >= 11 is 6.36. The van der Waals surface area contributed by atoms with Crippen LogP contribution in [0.3, 0.4) is 0 Å². The molecule has 0 unspecified atom stereocenters. The molecule has 0 atom stereocenters. The number of aromatic nitrogens is 2. The zero-order valence-electron chi connectivity index (χ0n) is 16.2. The number of carbonyl (C=O) groups excluding carboxylic acids is 1. The maximum Gasteiger partial charge on any atom is 0.257 e. The van der Waals surface area contributed by atoms with Crippen molar-refractivity contribution in [2.45, 2.75) is 23.9 Å². The largest absolute Gasteiger partial charge is 0.493 e. The van der Waals surface area contributed by atoms with Gasteiger partial charge >= 0.3 is 0 Å². The minimum Gasteiger partial charge on any atom is -0.493 e. The third-order valence-electron chi connectivity index (χ3n) is 3.89. The van der Waals surface area contributed by atoms with Crippen molar-refractivity contribution in [2.75, 3.05) is 19.0 Å². The molecule has 3 aromatic rings. The average molecular weight is 494 g/mol. The maximum absolute atomic E-state index is 12.6. The number of amides is 1. The van der Waals surface area contributed by atoms with Crippen molar-refractivity contribution in [1.29, 1.82) is 0 Å².